The lowest BCUT2D eigenvalue weighted by molar-refractivity contribution is 0.324. The van der Waals surface area contributed by atoms with Gasteiger partial charge in [-0.2, -0.15) is 5.10 Å². The number of anilines is 1. The summed E-state index contributed by atoms with van der Waals surface area (Å²) in [6.07, 6.45) is 3.14. The maximum Gasteiger partial charge on any atom is 0.203 e. The van der Waals surface area contributed by atoms with Gasteiger partial charge in [0.1, 0.15) is 17.3 Å². The van der Waals surface area contributed by atoms with Crippen LogP contribution in [-0.4, -0.2) is 44.3 Å². The van der Waals surface area contributed by atoms with Gasteiger partial charge in [-0.05, 0) is 50.5 Å². The molecule has 4 rings (SSSR count). The second kappa shape index (κ2) is 9.20. The Bertz CT molecular complexity index is 1040. The van der Waals surface area contributed by atoms with Crippen LogP contribution in [0.3, 0.4) is 0 Å². The van der Waals surface area contributed by atoms with Gasteiger partial charge in [-0.1, -0.05) is 12.1 Å². The van der Waals surface area contributed by atoms with Crippen LogP contribution in [0.5, 0.6) is 23.0 Å². The van der Waals surface area contributed by atoms with Crippen LogP contribution in [0.2, 0.25) is 0 Å². The van der Waals surface area contributed by atoms with Gasteiger partial charge < -0.3 is 24.3 Å². The summed E-state index contributed by atoms with van der Waals surface area (Å²) >= 11 is 0. The first-order valence-corrected chi connectivity index (χ1v) is 10.6. The Kier molecular flexibility index (Phi) is 6.21. The van der Waals surface area contributed by atoms with Crippen LogP contribution in [0.4, 0.5) is 5.82 Å². The molecule has 164 valence electrons. The van der Waals surface area contributed by atoms with Crippen LogP contribution in [0, 0.1) is 0 Å². The monoisotopic (exact) mass is 423 g/mol. The Labute approximate surface area is 182 Å². The third kappa shape index (κ3) is 3.87. The van der Waals surface area contributed by atoms with Crippen molar-refractivity contribution < 1.29 is 18.9 Å². The fourth-order valence-corrected chi connectivity index (χ4v) is 4.04. The highest BCUT2D eigenvalue weighted by molar-refractivity contribution is 5.76. The number of benzene rings is 2. The van der Waals surface area contributed by atoms with E-state index in [1.165, 1.54) is 5.56 Å². The van der Waals surface area contributed by atoms with Gasteiger partial charge in [0.25, 0.3) is 0 Å². The Morgan fingerprint density at radius 2 is 1.71 bits per heavy atom. The molecular formula is C24H29N3O4. The lowest BCUT2D eigenvalue weighted by Crippen LogP contribution is -2.08. The van der Waals surface area contributed by atoms with Gasteiger partial charge in [-0.25, -0.2) is 4.68 Å². The molecule has 0 aliphatic carbocycles. The molecule has 0 atom stereocenters. The van der Waals surface area contributed by atoms with Gasteiger partial charge >= 0.3 is 0 Å². The first-order valence-electron chi connectivity index (χ1n) is 10.6. The SMILES string of the molecule is CCOc1ccccc1-n1nc(-c2cc(OC)c(OC)c(OC)c2)c2c1NCCCC2. The van der Waals surface area contributed by atoms with Crippen molar-refractivity contribution in [2.24, 2.45) is 0 Å². The third-order valence-electron chi connectivity index (χ3n) is 5.46. The quantitative estimate of drug-likeness (QED) is 0.594. The molecule has 1 aliphatic rings. The van der Waals surface area contributed by atoms with Gasteiger partial charge in [0, 0.05) is 17.7 Å². The van der Waals surface area contributed by atoms with Crippen LogP contribution < -0.4 is 24.3 Å². The summed E-state index contributed by atoms with van der Waals surface area (Å²) in [6, 6.07) is 11.9. The molecule has 0 amide bonds. The first kappa shape index (κ1) is 20.9. The highest BCUT2D eigenvalue weighted by atomic mass is 16.5. The predicted molar refractivity (Wildman–Crippen MR) is 121 cm³/mol. The van der Waals surface area contributed by atoms with E-state index in [9.17, 15) is 0 Å². The number of hydrogen-bond donors (Lipinski definition) is 1. The lowest BCUT2D eigenvalue weighted by Gasteiger charge is -2.14. The molecule has 0 saturated heterocycles. The molecule has 2 heterocycles. The molecule has 7 heteroatoms. The van der Waals surface area contributed by atoms with Crippen molar-refractivity contribution in [1.82, 2.24) is 9.78 Å². The molecule has 1 aliphatic heterocycles. The van der Waals surface area contributed by atoms with Crippen molar-refractivity contribution in [2.45, 2.75) is 26.2 Å². The number of para-hydroxylation sites is 2. The number of methoxy groups -OCH3 is 3. The standard InChI is InChI=1S/C24H29N3O4/c1-5-31-19-12-7-6-11-18(19)27-24-17(10-8-9-13-25-24)22(26-27)16-14-20(28-2)23(30-4)21(15-16)29-3/h6-7,11-12,14-15,25H,5,8-10,13H2,1-4H3. The average Bonchev–Trinajstić information content (AvgIpc) is 2.99. The molecule has 7 nitrogen and oxygen atoms in total. The summed E-state index contributed by atoms with van der Waals surface area (Å²) in [5.74, 6) is 3.60. The zero-order valence-corrected chi connectivity index (χ0v) is 18.5. The molecule has 3 aromatic rings. The summed E-state index contributed by atoms with van der Waals surface area (Å²) in [5.41, 5.74) is 3.91. The van der Waals surface area contributed by atoms with E-state index >= 15 is 0 Å². The minimum atomic E-state index is 0.569. The van der Waals surface area contributed by atoms with Gasteiger partial charge in [0.2, 0.25) is 5.75 Å². The molecule has 31 heavy (non-hydrogen) atoms. The van der Waals surface area contributed by atoms with Crippen LogP contribution in [0.25, 0.3) is 16.9 Å². The van der Waals surface area contributed by atoms with Gasteiger partial charge in [0.05, 0.1) is 33.6 Å². The lowest BCUT2D eigenvalue weighted by atomic mass is 10.0. The number of hydrogen-bond acceptors (Lipinski definition) is 6. The summed E-state index contributed by atoms with van der Waals surface area (Å²) in [7, 11) is 4.86. The van der Waals surface area contributed by atoms with E-state index in [1.54, 1.807) is 21.3 Å². The van der Waals surface area contributed by atoms with Crippen molar-refractivity contribution >= 4 is 5.82 Å². The van der Waals surface area contributed by atoms with Crippen molar-refractivity contribution in [3.05, 3.63) is 42.0 Å². The number of ether oxygens (including phenoxy) is 4. The summed E-state index contributed by atoms with van der Waals surface area (Å²) in [4.78, 5) is 0. The van der Waals surface area contributed by atoms with Gasteiger partial charge in [0.15, 0.2) is 11.5 Å². The summed E-state index contributed by atoms with van der Waals surface area (Å²) in [6.45, 7) is 3.48. The number of rotatable bonds is 7. The molecule has 0 fully saturated rings. The molecule has 0 unspecified atom stereocenters. The molecule has 0 bridgehead atoms. The summed E-state index contributed by atoms with van der Waals surface area (Å²) < 4.78 is 24.5. The molecule has 0 spiro atoms. The molecule has 1 aromatic heterocycles. The van der Waals surface area contributed by atoms with E-state index in [-0.39, 0.29) is 0 Å². The van der Waals surface area contributed by atoms with Gasteiger partial charge in [-0.15, -0.1) is 0 Å². The minimum absolute atomic E-state index is 0.569. The van der Waals surface area contributed by atoms with E-state index in [4.69, 9.17) is 24.0 Å². The fourth-order valence-electron chi connectivity index (χ4n) is 4.04. The largest absolute Gasteiger partial charge is 0.493 e. The number of fused-ring (bicyclic) bond motifs is 1. The highest BCUT2D eigenvalue weighted by Crippen LogP contribution is 2.43. The number of aromatic nitrogens is 2. The van der Waals surface area contributed by atoms with E-state index in [0.717, 1.165) is 54.3 Å². The van der Waals surface area contributed by atoms with Crippen molar-refractivity contribution in [1.29, 1.82) is 0 Å². The van der Waals surface area contributed by atoms with E-state index in [0.29, 0.717) is 23.9 Å². The van der Waals surface area contributed by atoms with Crippen molar-refractivity contribution in [3.8, 4) is 39.9 Å². The van der Waals surface area contributed by atoms with Gasteiger partial charge in [-0.3, -0.25) is 0 Å². The van der Waals surface area contributed by atoms with Crippen LogP contribution in [0.15, 0.2) is 36.4 Å². The maximum absolute atomic E-state index is 5.89. The predicted octanol–water partition coefficient (Wildman–Crippen LogP) is 4.71. The summed E-state index contributed by atoms with van der Waals surface area (Å²) in [5, 5.41) is 8.63. The molecule has 0 saturated carbocycles. The average molecular weight is 424 g/mol. The van der Waals surface area contributed by atoms with Crippen LogP contribution in [0.1, 0.15) is 25.3 Å². The zero-order chi connectivity index (χ0) is 21.8. The highest BCUT2D eigenvalue weighted by Gasteiger charge is 2.25. The van der Waals surface area contributed by atoms with E-state index in [2.05, 4.69) is 5.32 Å². The third-order valence-corrected chi connectivity index (χ3v) is 5.46. The fraction of sp³-hybridized carbons (Fsp3) is 0.375. The Hall–Kier alpha value is -3.35. The molecular weight excluding hydrogens is 394 g/mol. The Morgan fingerprint density at radius 3 is 2.39 bits per heavy atom. The van der Waals surface area contributed by atoms with Crippen LogP contribution in [-0.2, 0) is 6.42 Å². The Balaban J connectivity index is 1.93. The maximum atomic E-state index is 5.89. The zero-order valence-electron chi connectivity index (χ0n) is 18.5. The van der Waals surface area contributed by atoms with Crippen molar-refractivity contribution in [2.75, 3.05) is 39.8 Å². The normalized spacial score (nSPS) is 13.0. The van der Waals surface area contributed by atoms with E-state index in [1.807, 2.05) is 48.0 Å². The molecule has 1 N–H and O–H groups in total. The van der Waals surface area contributed by atoms with Crippen LogP contribution >= 0.6 is 0 Å². The van der Waals surface area contributed by atoms with Crippen molar-refractivity contribution in [3.63, 3.8) is 0 Å². The molecule has 0 radical (unpaired) electrons. The minimum Gasteiger partial charge on any atom is -0.493 e. The Morgan fingerprint density at radius 1 is 0.968 bits per heavy atom. The van der Waals surface area contributed by atoms with E-state index < -0.39 is 0 Å². The first-order chi connectivity index (χ1) is 15.2. The molecule has 2 aromatic carbocycles. The topological polar surface area (TPSA) is 66.8 Å². The second-order valence-electron chi connectivity index (χ2n) is 7.29. The number of nitrogens with zero attached hydrogens (tertiary/aromatic N) is 2. The number of nitrogens with one attached hydrogen (secondary N) is 1. The smallest absolute Gasteiger partial charge is 0.203 e. The second-order valence-corrected chi connectivity index (χ2v) is 7.29.